The Bertz CT molecular complexity index is 545. The van der Waals surface area contributed by atoms with Crippen LogP contribution >= 0.6 is 0 Å². The molecule has 0 bridgehead atoms. The molecule has 1 aromatic rings. The summed E-state index contributed by atoms with van der Waals surface area (Å²) < 4.78 is 31.8. The Hall–Kier alpha value is -1.21. The van der Waals surface area contributed by atoms with E-state index < -0.39 is 10.0 Å². The molecular formula is C14H23N3O3S. The summed E-state index contributed by atoms with van der Waals surface area (Å²) in [6, 6.07) is 3.60. The van der Waals surface area contributed by atoms with Crippen LogP contribution in [0.3, 0.4) is 0 Å². The topological polar surface area (TPSA) is 72.4 Å². The normalized spacial score (nSPS) is 20.4. The number of aryl methyl sites for hydroxylation is 1. The quantitative estimate of drug-likeness (QED) is 0.800. The van der Waals surface area contributed by atoms with Gasteiger partial charge < -0.3 is 4.74 Å². The highest BCUT2D eigenvalue weighted by molar-refractivity contribution is 7.89. The molecule has 1 fully saturated rings. The van der Waals surface area contributed by atoms with Gasteiger partial charge in [-0.05, 0) is 32.3 Å². The smallest absolute Gasteiger partial charge is 0.233 e. The van der Waals surface area contributed by atoms with Crippen molar-refractivity contribution in [3.8, 4) is 5.88 Å². The van der Waals surface area contributed by atoms with E-state index in [0.717, 1.165) is 25.0 Å². The Morgan fingerprint density at radius 1 is 1.38 bits per heavy atom. The van der Waals surface area contributed by atoms with Crippen LogP contribution in [0.1, 0.15) is 38.3 Å². The van der Waals surface area contributed by atoms with Gasteiger partial charge in [-0.3, -0.25) is 0 Å². The van der Waals surface area contributed by atoms with Crippen LogP contribution in [0.25, 0.3) is 0 Å². The van der Waals surface area contributed by atoms with Crippen LogP contribution in [-0.2, 0) is 10.0 Å². The molecule has 0 N–H and O–H groups in total. The van der Waals surface area contributed by atoms with Crippen molar-refractivity contribution < 1.29 is 13.2 Å². The number of sulfonamides is 1. The van der Waals surface area contributed by atoms with Gasteiger partial charge in [-0.1, -0.05) is 13.3 Å². The van der Waals surface area contributed by atoms with Gasteiger partial charge in [-0.15, -0.1) is 5.10 Å². The van der Waals surface area contributed by atoms with E-state index >= 15 is 0 Å². The van der Waals surface area contributed by atoms with Crippen molar-refractivity contribution in [3.05, 3.63) is 17.8 Å². The molecule has 1 atom stereocenters. The maximum Gasteiger partial charge on any atom is 0.233 e. The predicted molar refractivity (Wildman–Crippen MR) is 80.7 cm³/mol. The minimum Gasteiger partial charge on any atom is -0.472 e. The summed E-state index contributed by atoms with van der Waals surface area (Å²) >= 11 is 0. The monoisotopic (exact) mass is 313 g/mol. The van der Waals surface area contributed by atoms with Gasteiger partial charge in [0, 0.05) is 12.6 Å². The lowest BCUT2D eigenvalue weighted by atomic mass is 10.1. The first-order valence-electron chi connectivity index (χ1n) is 7.46. The van der Waals surface area contributed by atoms with E-state index in [0.29, 0.717) is 25.4 Å². The maximum atomic E-state index is 12.2. The Morgan fingerprint density at radius 3 is 2.86 bits per heavy atom. The molecule has 0 spiro atoms. The molecule has 0 aromatic carbocycles. The average molecular weight is 313 g/mol. The fourth-order valence-electron chi connectivity index (χ4n) is 2.33. The Kier molecular flexibility index (Phi) is 5.52. The van der Waals surface area contributed by atoms with E-state index in [1.807, 2.05) is 19.9 Å². The van der Waals surface area contributed by atoms with Crippen LogP contribution in [0.5, 0.6) is 5.88 Å². The number of nitrogens with zero attached hydrogens (tertiary/aromatic N) is 3. The van der Waals surface area contributed by atoms with Gasteiger partial charge in [0.15, 0.2) is 0 Å². The third kappa shape index (κ3) is 4.64. The standard InChI is InChI=1S/C14H23N3O3S/c1-3-4-10-21(18,19)17-9-5-6-13(11-17)20-14-8-7-12(2)15-16-14/h7-8,13H,3-6,9-11H2,1-2H3. The Morgan fingerprint density at radius 2 is 2.19 bits per heavy atom. The predicted octanol–water partition coefficient (Wildman–Crippen LogP) is 1.76. The van der Waals surface area contributed by atoms with Crippen LogP contribution in [-0.4, -0.2) is 47.9 Å². The molecule has 0 amide bonds. The average Bonchev–Trinajstić information content (AvgIpc) is 2.48. The zero-order valence-corrected chi connectivity index (χ0v) is 13.5. The van der Waals surface area contributed by atoms with E-state index in [9.17, 15) is 8.42 Å². The molecule has 2 heterocycles. The second-order valence-corrected chi connectivity index (χ2v) is 7.51. The van der Waals surface area contributed by atoms with Gasteiger partial charge in [0.1, 0.15) is 6.10 Å². The van der Waals surface area contributed by atoms with Crippen LogP contribution in [0, 0.1) is 6.92 Å². The van der Waals surface area contributed by atoms with Gasteiger partial charge in [-0.25, -0.2) is 8.42 Å². The second kappa shape index (κ2) is 7.17. The summed E-state index contributed by atoms with van der Waals surface area (Å²) in [5.74, 6) is 0.680. The van der Waals surface area contributed by atoms with Crippen molar-refractivity contribution >= 4 is 10.0 Å². The molecule has 1 aliphatic rings. The van der Waals surface area contributed by atoms with Crippen molar-refractivity contribution in [1.29, 1.82) is 0 Å². The molecule has 1 aliphatic heterocycles. The fraction of sp³-hybridized carbons (Fsp3) is 0.714. The minimum atomic E-state index is -3.16. The molecule has 0 aliphatic carbocycles. The van der Waals surface area contributed by atoms with E-state index in [1.54, 1.807) is 10.4 Å². The lowest BCUT2D eigenvalue weighted by molar-refractivity contribution is 0.123. The zero-order chi connectivity index (χ0) is 15.3. The first-order valence-corrected chi connectivity index (χ1v) is 9.07. The van der Waals surface area contributed by atoms with Crippen molar-refractivity contribution in [3.63, 3.8) is 0 Å². The number of unbranched alkanes of at least 4 members (excludes halogenated alkanes) is 1. The van der Waals surface area contributed by atoms with Crippen LogP contribution < -0.4 is 4.74 Å². The molecule has 6 nitrogen and oxygen atoms in total. The highest BCUT2D eigenvalue weighted by atomic mass is 32.2. The largest absolute Gasteiger partial charge is 0.472 e. The molecule has 1 aromatic heterocycles. The molecule has 2 rings (SSSR count). The lowest BCUT2D eigenvalue weighted by Gasteiger charge is -2.31. The van der Waals surface area contributed by atoms with Crippen LogP contribution in [0.2, 0.25) is 0 Å². The van der Waals surface area contributed by atoms with Gasteiger partial charge in [0.25, 0.3) is 0 Å². The van der Waals surface area contributed by atoms with Crippen molar-refractivity contribution in [2.24, 2.45) is 0 Å². The minimum absolute atomic E-state index is 0.146. The third-order valence-corrected chi connectivity index (χ3v) is 5.47. The summed E-state index contributed by atoms with van der Waals surface area (Å²) in [6.45, 7) is 4.85. The first kappa shape index (κ1) is 16.2. The molecule has 0 radical (unpaired) electrons. The molecular weight excluding hydrogens is 290 g/mol. The summed E-state index contributed by atoms with van der Waals surface area (Å²) in [5.41, 5.74) is 0.828. The van der Waals surface area contributed by atoms with E-state index in [4.69, 9.17) is 4.74 Å². The van der Waals surface area contributed by atoms with Crippen LogP contribution in [0.4, 0.5) is 0 Å². The van der Waals surface area contributed by atoms with Crippen molar-refractivity contribution in [2.45, 2.75) is 45.6 Å². The number of hydrogen-bond donors (Lipinski definition) is 0. The number of rotatable bonds is 6. The number of hydrogen-bond acceptors (Lipinski definition) is 5. The van der Waals surface area contributed by atoms with Gasteiger partial charge >= 0.3 is 0 Å². The maximum absolute atomic E-state index is 12.2. The van der Waals surface area contributed by atoms with E-state index in [1.165, 1.54) is 0 Å². The van der Waals surface area contributed by atoms with Crippen LogP contribution in [0.15, 0.2) is 12.1 Å². The number of piperidine rings is 1. The van der Waals surface area contributed by atoms with Gasteiger partial charge in [0.05, 0.1) is 18.0 Å². The summed E-state index contributed by atoms with van der Waals surface area (Å²) in [4.78, 5) is 0. The second-order valence-electron chi connectivity index (χ2n) is 5.42. The Labute approximate surface area is 126 Å². The molecule has 118 valence electrons. The van der Waals surface area contributed by atoms with Gasteiger partial charge in [-0.2, -0.15) is 9.40 Å². The molecule has 1 saturated heterocycles. The summed E-state index contributed by atoms with van der Waals surface area (Å²) in [6.07, 6.45) is 3.09. The summed E-state index contributed by atoms with van der Waals surface area (Å²) in [7, 11) is -3.16. The van der Waals surface area contributed by atoms with E-state index in [2.05, 4.69) is 10.2 Å². The summed E-state index contributed by atoms with van der Waals surface area (Å²) in [5, 5.41) is 7.92. The molecule has 0 saturated carbocycles. The third-order valence-electron chi connectivity index (χ3n) is 3.55. The lowest BCUT2D eigenvalue weighted by Crippen LogP contribution is -2.45. The Balaban J connectivity index is 1.95. The van der Waals surface area contributed by atoms with Gasteiger partial charge in [0.2, 0.25) is 15.9 Å². The zero-order valence-electron chi connectivity index (χ0n) is 12.7. The number of aromatic nitrogens is 2. The molecule has 21 heavy (non-hydrogen) atoms. The molecule has 1 unspecified atom stereocenters. The highest BCUT2D eigenvalue weighted by Crippen LogP contribution is 2.19. The fourth-order valence-corrected chi connectivity index (χ4v) is 4.04. The van der Waals surface area contributed by atoms with E-state index in [-0.39, 0.29) is 11.9 Å². The van der Waals surface area contributed by atoms with Crippen molar-refractivity contribution in [1.82, 2.24) is 14.5 Å². The van der Waals surface area contributed by atoms with Crippen molar-refractivity contribution in [2.75, 3.05) is 18.8 Å². The highest BCUT2D eigenvalue weighted by Gasteiger charge is 2.29. The first-order chi connectivity index (χ1) is 10.0. The number of ether oxygens (including phenoxy) is 1. The molecule has 7 heteroatoms. The SMILES string of the molecule is CCCCS(=O)(=O)N1CCCC(Oc2ccc(C)nn2)C1.